The lowest BCUT2D eigenvalue weighted by atomic mass is 10.3. The highest BCUT2D eigenvalue weighted by atomic mass is 35.5. The van der Waals surface area contributed by atoms with Gasteiger partial charge in [0, 0.05) is 20.6 Å². The summed E-state index contributed by atoms with van der Waals surface area (Å²) in [5, 5.41) is 4.06. The fourth-order valence-corrected chi connectivity index (χ4v) is 3.49. The summed E-state index contributed by atoms with van der Waals surface area (Å²) < 4.78 is 8.47. The van der Waals surface area contributed by atoms with Crippen LogP contribution in [0.4, 0.5) is 10.5 Å². The molecule has 4 aromatic rings. The fraction of sp³-hybridized carbons (Fsp3) is 0.0476. The van der Waals surface area contributed by atoms with Crippen LogP contribution in [-0.4, -0.2) is 16.0 Å². The van der Waals surface area contributed by atoms with Gasteiger partial charge in [-0.3, -0.25) is 4.72 Å². The van der Waals surface area contributed by atoms with E-state index in [9.17, 15) is 4.79 Å². The number of hydrogen-bond acceptors (Lipinski definition) is 4. The monoisotopic (exact) mass is 458 g/mol. The summed E-state index contributed by atoms with van der Waals surface area (Å²) in [6.45, 7) is 0.289. The highest BCUT2D eigenvalue weighted by Crippen LogP contribution is 2.21. The van der Waals surface area contributed by atoms with Crippen molar-refractivity contribution in [1.29, 1.82) is 0 Å². The van der Waals surface area contributed by atoms with Crippen LogP contribution in [-0.2, 0) is 6.61 Å². The van der Waals surface area contributed by atoms with Crippen LogP contribution in [0.2, 0.25) is 10.0 Å². The average molecular weight is 459 g/mol. The summed E-state index contributed by atoms with van der Waals surface area (Å²) in [7, 11) is 0. The number of halogens is 2. The third-order valence-electron chi connectivity index (χ3n) is 4.06. The molecule has 0 bridgehead atoms. The molecule has 3 aromatic carbocycles. The van der Waals surface area contributed by atoms with E-state index in [1.54, 1.807) is 42.5 Å². The standard InChI is InChI=1S/C21H16Cl2N4O2S/c22-13-1-8-17(9-2-13)30-27-21(28)24-15-4-6-16(7-5-15)29-12-20-25-18-10-3-14(23)11-19(18)26-20/h1-11H,12H2,(H,25,26)(H2,24,27,28). The molecule has 0 saturated carbocycles. The molecule has 152 valence electrons. The Kier molecular flexibility index (Phi) is 6.32. The van der Waals surface area contributed by atoms with E-state index >= 15 is 0 Å². The molecule has 0 aliphatic carbocycles. The van der Waals surface area contributed by atoms with Gasteiger partial charge in [0.25, 0.3) is 0 Å². The molecule has 0 fully saturated rings. The van der Waals surface area contributed by atoms with Crippen LogP contribution in [0.5, 0.6) is 5.75 Å². The van der Waals surface area contributed by atoms with Crippen molar-refractivity contribution in [3.05, 3.63) is 82.6 Å². The number of urea groups is 1. The van der Waals surface area contributed by atoms with Gasteiger partial charge in [0.1, 0.15) is 18.2 Å². The Morgan fingerprint density at radius 2 is 1.73 bits per heavy atom. The minimum atomic E-state index is -0.329. The Morgan fingerprint density at radius 1 is 1.00 bits per heavy atom. The smallest absolute Gasteiger partial charge is 0.329 e. The zero-order chi connectivity index (χ0) is 20.9. The van der Waals surface area contributed by atoms with Crippen LogP contribution in [0, 0.1) is 0 Å². The molecule has 0 unspecified atom stereocenters. The molecule has 0 spiro atoms. The van der Waals surface area contributed by atoms with E-state index in [2.05, 4.69) is 20.0 Å². The fourth-order valence-electron chi connectivity index (χ4n) is 2.65. The van der Waals surface area contributed by atoms with Crippen LogP contribution >= 0.6 is 35.1 Å². The van der Waals surface area contributed by atoms with E-state index in [-0.39, 0.29) is 12.6 Å². The van der Waals surface area contributed by atoms with Gasteiger partial charge in [-0.1, -0.05) is 23.2 Å². The predicted octanol–water partition coefficient (Wildman–Crippen LogP) is 6.28. The number of nitrogens with zero attached hydrogens (tertiary/aromatic N) is 1. The van der Waals surface area contributed by atoms with Gasteiger partial charge in [-0.15, -0.1) is 0 Å². The van der Waals surface area contributed by atoms with Crippen LogP contribution in [0.15, 0.2) is 71.6 Å². The second-order valence-corrected chi connectivity index (χ2v) is 8.02. The molecule has 0 radical (unpaired) electrons. The van der Waals surface area contributed by atoms with E-state index in [0.717, 1.165) is 15.9 Å². The van der Waals surface area contributed by atoms with E-state index < -0.39 is 0 Å². The van der Waals surface area contributed by atoms with Crippen molar-refractivity contribution >= 4 is 57.9 Å². The van der Waals surface area contributed by atoms with Crippen molar-refractivity contribution < 1.29 is 9.53 Å². The van der Waals surface area contributed by atoms with Gasteiger partial charge >= 0.3 is 6.03 Å². The largest absolute Gasteiger partial charge is 0.486 e. The van der Waals surface area contributed by atoms with Crippen LogP contribution in [0.3, 0.4) is 0 Å². The molecule has 30 heavy (non-hydrogen) atoms. The Labute approximate surface area is 187 Å². The maximum Gasteiger partial charge on any atom is 0.329 e. The summed E-state index contributed by atoms with van der Waals surface area (Å²) in [6, 6.07) is 19.4. The lowest BCUT2D eigenvalue weighted by Crippen LogP contribution is -2.22. The zero-order valence-electron chi connectivity index (χ0n) is 15.5. The number of anilines is 1. The molecular formula is C21H16Cl2N4O2S. The first-order valence-corrected chi connectivity index (χ1v) is 10.5. The van der Waals surface area contributed by atoms with Gasteiger partial charge in [-0.2, -0.15) is 0 Å². The van der Waals surface area contributed by atoms with Crippen molar-refractivity contribution in [3.8, 4) is 5.75 Å². The van der Waals surface area contributed by atoms with Crippen LogP contribution < -0.4 is 14.8 Å². The molecule has 4 rings (SSSR count). The number of benzene rings is 3. The number of hydrogen-bond donors (Lipinski definition) is 3. The molecule has 1 aromatic heterocycles. The maximum atomic E-state index is 12.0. The molecule has 0 atom stereocenters. The Morgan fingerprint density at radius 3 is 2.50 bits per heavy atom. The molecule has 1 heterocycles. The zero-order valence-corrected chi connectivity index (χ0v) is 17.8. The van der Waals surface area contributed by atoms with Crippen molar-refractivity contribution in [2.45, 2.75) is 11.5 Å². The lowest BCUT2D eigenvalue weighted by Gasteiger charge is -2.08. The van der Waals surface area contributed by atoms with Crippen molar-refractivity contribution in [1.82, 2.24) is 14.7 Å². The first kappa shape index (κ1) is 20.4. The number of amides is 2. The van der Waals surface area contributed by atoms with Gasteiger partial charge in [0.05, 0.1) is 11.0 Å². The minimum absolute atomic E-state index is 0.289. The Bertz CT molecular complexity index is 1160. The SMILES string of the molecule is O=C(NSc1ccc(Cl)cc1)Nc1ccc(OCc2nc3ccc(Cl)cc3[nH]2)cc1. The molecule has 9 heteroatoms. The molecule has 2 amide bonds. The summed E-state index contributed by atoms with van der Waals surface area (Å²) >= 11 is 13.0. The second kappa shape index (κ2) is 9.30. The summed E-state index contributed by atoms with van der Waals surface area (Å²) in [5.41, 5.74) is 2.35. The minimum Gasteiger partial charge on any atom is -0.486 e. The number of H-pyrrole nitrogens is 1. The number of rotatable bonds is 6. The molecule has 0 aliphatic rings. The number of carbonyl (C=O) groups is 1. The molecule has 0 saturated heterocycles. The number of aromatic nitrogens is 2. The first-order valence-electron chi connectivity index (χ1n) is 8.91. The average Bonchev–Trinajstić information content (AvgIpc) is 3.15. The molecule has 6 nitrogen and oxygen atoms in total. The number of imidazole rings is 1. The second-order valence-electron chi connectivity index (χ2n) is 6.27. The Balaban J connectivity index is 1.27. The first-order chi connectivity index (χ1) is 14.5. The van der Waals surface area contributed by atoms with Gasteiger partial charge in [0.15, 0.2) is 0 Å². The van der Waals surface area contributed by atoms with Gasteiger partial charge < -0.3 is 15.0 Å². The van der Waals surface area contributed by atoms with Crippen LogP contribution in [0.1, 0.15) is 5.82 Å². The molecular weight excluding hydrogens is 443 g/mol. The van der Waals surface area contributed by atoms with E-state index in [1.807, 2.05) is 24.3 Å². The number of fused-ring (bicyclic) bond motifs is 1. The van der Waals surface area contributed by atoms with E-state index in [4.69, 9.17) is 27.9 Å². The summed E-state index contributed by atoms with van der Waals surface area (Å²) in [4.78, 5) is 20.6. The number of carbonyl (C=O) groups excluding carboxylic acids is 1. The normalized spacial score (nSPS) is 10.7. The van der Waals surface area contributed by atoms with Crippen LogP contribution in [0.25, 0.3) is 11.0 Å². The number of ether oxygens (including phenoxy) is 1. The summed E-state index contributed by atoms with van der Waals surface area (Å²) in [5.74, 6) is 1.36. The molecule has 0 aliphatic heterocycles. The highest BCUT2D eigenvalue weighted by molar-refractivity contribution is 7.98. The van der Waals surface area contributed by atoms with E-state index in [0.29, 0.717) is 27.3 Å². The third-order valence-corrected chi connectivity index (χ3v) is 5.34. The van der Waals surface area contributed by atoms with Crippen molar-refractivity contribution in [3.63, 3.8) is 0 Å². The van der Waals surface area contributed by atoms with E-state index in [1.165, 1.54) is 11.9 Å². The van der Waals surface area contributed by atoms with Gasteiger partial charge in [0.2, 0.25) is 0 Å². The highest BCUT2D eigenvalue weighted by Gasteiger charge is 2.06. The van der Waals surface area contributed by atoms with Gasteiger partial charge in [-0.25, -0.2) is 9.78 Å². The quantitative estimate of drug-likeness (QED) is 0.297. The predicted molar refractivity (Wildman–Crippen MR) is 121 cm³/mol. The number of aromatic amines is 1. The number of nitrogens with one attached hydrogen (secondary N) is 3. The third kappa shape index (κ3) is 5.38. The van der Waals surface area contributed by atoms with Gasteiger partial charge in [-0.05, 0) is 78.7 Å². The lowest BCUT2D eigenvalue weighted by molar-refractivity contribution is 0.257. The topological polar surface area (TPSA) is 79.0 Å². The molecule has 3 N–H and O–H groups in total. The Hall–Kier alpha value is -2.87. The van der Waals surface area contributed by atoms with Crippen molar-refractivity contribution in [2.75, 3.05) is 5.32 Å². The van der Waals surface area contributed by atoms with Crippen molar-refractivity contribution in [2.24, 2.45) is 0 Å². The maximum absolute atomic E-state index is 12.0. The summed E-state index contributed by atoms with van der Waals surface area (Å²) in [6.07, 6.45) is 0.